The molecule has 16 aromatic rings. The molecule has 0 radical (unpaired) electrons. The van der Waals surface area contributed by atoms with Gasteiger partial charge in [-0.25, -0.2) is 0 Å². The van der Waals surface area contributed by atoms with E-state index in [2.05, 4.69) is 325 Å². The molecule has 16 rings (SSSR count). The Labute approximate surface area is 570 Å². The molecular formula is C93H88N2O. The molecule has 13 aromatic carbocycles. The molecule has 0 aliphatic rings. The van der Waals surface area contributed by atoms with Crippen molar-refractivity contribution in [2.24, 2.45) is 0 Å². The molecule has 0 amide bonds. The van der Waals surface area contributed by atoms with Crippen LogP contribution in [0.1, 0.15) is 50.2 Å². The number of aromatic nitrogens is 2. The first-order chi connectivity index (χ1) is 46.9. The van der Waals surface area contributed by atoms with Gasteiger partial charge < -0.3 is 4.42 Å². The lowest BCUT2D eigenvalue weighted by Gasteiger charge is -2.04. The highest BCUT2D eigenvalue weighted by molar-refractivity contribution is 6.05. The first kappa shape index (κ1) is 70.4. The summed E-state index contributed by atoms with van der Waals surface area (Å²) in [6.07, 6.45) is 5.39. The maximum Gasteiger partial charge on any atom is 0.138 e. The van der Waals surface area contributed by atoms with Gasteiger partial charge in [0.15, 0.2) is 0 Å². The minimum absolute atomic E-state index is 0.969. The third-order valence-electron chi connectivity index (χ3n) is 15.6. The second-order valence-electron chi connectivity index (χ2n) is 23.5. The fourth-order valence-electron chi connectivity index (χ4n) is 10.4. The SMILES string of the molecule is Cc1ccc(-c2ccccc2)cc1.Cc1ccc2ccccc2c1.Cc1cccc(-c2ccccc2)c1.Cc1cccc2c1oc1ccccc12.Cc1cccc2ccccc12.Cc1ccccc1.Cc1ccccc1-c1ccccc1.Cc1ccccn1.Cc1cccnc1. The van der Waals surface area contributed by atoms with Crippen LogP contribution in [-0.2, 0) is 0 Å². The van der Waals surface area contributed by atoms with Crippen LogP contribution in [0.3, 0.4) is 0 Å². The van der Waals surface area contributed by atoms with Crippen molar-refractivity contribution < 1.29 is 4.42 Å². The smallest absolute Gasteiger partial charge is 0.138 e. The number of nitrogens with zero attached hydrogens (tertiary/aromatic N) is 2. The molecule has 476 valence electrons. The minimum Gasteiger partial charge on any atom is -0.456 e. The third kappa shape index (κ3) is 23.2. The van der Waals surface area contributed by atoms with E-state index in [1.165, 1.54) is 110 Å². The first-order valence-electron chi connectivity index (χ1n) is 32.8. The van der Waals surface area contributed by atoms with Gasteiger partial charge in [0.2, 0.25) is 0 Å². The van der Waals surface area contributed by atoms with Gasteiger partial charge in [0.05, 0.1) is 0 Å². The van der Waals surface area contributed by atoms with E-state index in [-0.39, 0.29) is 0 Å². The third-order valence-corrected chi connectivity index (χ3v) is 15.6. The van der Waals surface area contributed by atoms with Crippen LogP contribution < -0.4 is 0 Å². The Morgan fingerprint density at radius 1 is 0.240 bits per heavy atom. The molecule has 0 atom stereocenters. The molecule has 0 spiro atoms. The van der Waals surface area contributed by atoms with Crippen molar-refractivity contribution in [1.29, 1.82) is 0 Å². The summed E-state index contributed by atoms with van der Waals surface area (Å²) in [5.74, 6) is 0. The average Bonchev–Trinajstić information content (AvgIpc) is 1.72. The van der Waals surface area contributed by atoms with E-state index in [0.29, 0.717) is 0 Å². The number of hydrogen-bond acceptors (Lipinski definition) is 3. The molecular weight excluding hydrogens is 1160 g/mol. The predicted octanol–water partition coefficient (Wildman–Crippen LogP) is 26.0. The molecule has 0 saturated carbocycles. The van der Waals surface area contributed by atoms with Crippen LogP contribution in [0.25, 0.3) is 76.9 Å². The van der Waals surface area contributed by atoms with Gasteiger partial charge in [-0.15, -0.1) is 0 Å². The van der Waals surface area contributed by atoms with Gasteiger partial charge in [0.25, 0.3) is 0 Å². The van der Waals surface area contributed by atoms with E-state index in [1.807, 2.05) is 105 Å². The summed E-state index contributed by atoms with van der Waals surface area (Å²) in [7, 11) is 0. The van der Waals surface area contributed by atoms with Gasteiger partial charge in [-0.2, -0.15) is 0 Å². The molecule has 0 aliphatic carbocycles. The largest absolute Gasteiger partial charge is 0.456 e. The normalized spacial score (nSPS) is 9.93. The van der Waals surface area contributed by atoms with Crippen molar-refractivity contribution in [3.63, 3.8) is 0 Å². The van der Waals surface area contributed by atoms with E-state index < -0.39 is 0 Å². The fourth-order valence-corrected chi connectivity index (χ4v) is 10.4. The molecule has 0 bridgehead atoms. The molecule has 0 fully saturated rings. The zero-order chi connectivity index (χ0) is 67.5. The van der Waals surface area contributed by atoms with E-state index in [1.54, 1.807) is 12.4 Å². The van der Waals surface area contributed by atoms with Crippen molar-refractivity contribution in [3.8, 4) is 33.4 Å². The van der Waals surface area contributed by atoms with Gasteiger partial charge in [-0.3, -0.25) is 9.97 Å². The Hall–Kier alpha value is -11.5. The molecule has 3 heterocycles. The quantitative estimate of drug-likeness (QED) is 0.177. The summed E-state index contributed by atoms with van der Waals surface area (Å²) in [5, 5.41) is 7.74. The molecule has 3 nitrogen and oxygen atoms in total. The van der Waals surface area contributed by atoms with Gasteiger partial charge in [-0.05, 0) is 164 Å². The second kappa shape index (κ2) is 38.5. The van der Waals surface area contributed by atoms with Crippen LogP contribution in [-0.4, -0.2) is 9.97 Å². The Bertz CT molecular complexity index is 4720. The van der Waals surface area contributed by atoms with E-state index in [4.69, 9.17) is 4.42 Å². The number of hydrogen-bond donors (Lipinski definition) is 0. The summed E-state index contributed by atoms with van der Waals surface area (Å²) in [4.78, 5) is 7.86. The summed E-state index contributed by atoms with van der Waals surface area (Å²) >= 11 is 0. The molecule has 96 heavy (non-hydrogen) atoms. The van der Waals surface area contributed by atoms with Gasteiger partial charge in [0.1, 0.15) is 11.2 Å². The Morgan fingerprint density at radius 2 is 0.688 bits per heavy atom. The Balaban J connectivity index is 0.000000140. The lowest BCUT2D eigenvalue weighted by molar-refractivity contribution is 0.666. The van der Waals surface area contributed by atoms with Crippen LogP contribution >= 0.6 is 0 Å². The molecule has 0 aliphatic heterocycles. The summed E-state index contributed by atoms with van der Waals surface area (Å²) < 4.78 is 5.78. The predicted molar refractivity (Wildman–Crippen MR) is 415 cm³/mol. The Morgan fingerprint density at radius 3 is 1.26 bits per heavy atom. The number of aryl methyl sites for hydroxylation is 9. The molecule has 0 N–H and O–H groups in total. The fraction of sp³-hybridized carbons (Fsp3) is 0.0968. The number of pyridine rings is 2. The average molecular weight is 1250 g/mol. The van der Waals surface area contributed by atoms with Crippen molar-refractivity contribution in [2.75, 3.05) is 0 Å². The first-order valence-corrected chi connectivity index (χ1v) is 32.8. The highest BCUT2D eigenvalue weighted by Gasteiger charge is 2.07. The number of benzene rings is 13. The number of furan rings is 1. The number of rotatable bonds is 3. The maximum absolute atomic E-state index is 5.78. The van der Waals surface area contributed by atoms with E-state index in [0.717, 1.165) is 16.9 Å². The zero-order valence-electron chi connectivity index (χ0n) is 57.0. The van der Waals surface area contributed by atoms with Gasteiger partial charge in [-0.1, -0.05) is 350 Å². The summed E-state index contributed by atoms with van der Waals surface area (Å²) in [6.45, 7) is 18.8. The number of fused-ring (bicyclic) bond motifs is 5. The Kier molecular flexibility index (Phi) is 28.2. The molecule has 0 saturated heterocycles. The van der Waals surface area contributed by atoms with Crippen molar-refractivity contribution in [2.45, 2.75) is 62.3 Å². The van der Waals surface area contributed by atoms with Crippen LogP contribution in [0.4, 0.5) is 0 Å². The lowest BCUT2D eigenvalue weighted by atomic mass is 10.0. The van der Waals surface area contributed by atoms with Crippen molar-refractivity contribution in [1.82, 2.24) is 9.97 Å². The second-order valence-corrected chi connectivity index (χ2v) is 23.5. The monoisotopic (exact) mass is 1250 g/mol. The molecule has 0 unspecified atom stereocenters. The molecule has 3 heteroatoms. The van der Waals surface area contributed by atoms with Gasteiger partial charge in [0, 0.05) is 35.1 Å². The van der Waals surface area contributed by atoms with Crippen LogP contribution in [0, 0.1) is 62.3 Å². The highest BCUT2D eigenvalue weighted by Crippen LogP contribution is 2.30. The van der Waals surface area contributed by atoms with Crippen molar-refractivity contribution in [3.05, 3.63) is 421 Å². The standard InChI is InChI=1S/C13H10O.3C13H12.2C11H10.C7H8.2C6H7N/c1-9-5-4-7-11-10-6-2-3-8-12(10)14-13(9)11;1-11-7-5-6-10-13(11)12-8-3-2-4-9-12;1-11-6-5-9-13(10-11)12-7-3-2-4-8-12;1-11-7-9-13(10-8-11)12-5-3-2-4-6-12;1-9-5-4-7-10-6-2-3-8-11(9)10;1-9-6-7-10-4-2-3-5-11(10)8-9;1-7-5-3-2-4-6-7;1-6-3-2-4-7-5-6;1-6-4-2-3-5-7-6/h2-8H,1H3;3*2-10H,1H3;2*2-8H,1H3;2-6H,1H3;2*2-5H,1H3. The molecule has 3 aromatic heterocycles. The highest BCUT2D eigenvalue weighted by atomic mass is 16.3. The van der Waals surface area contributed by atoms with E-state index in [9.17, 15) is 0 Å². The van der Waals surface area contributed by atoms with Crippen molar-refractivity contribution >= 4 is 43.5 Å². The minimum atomic E-state index is 0.969. The topological polar surface area (TPSA) is 38.9 Å². The lowest BCUT2D eigenvalue weighted by Crippen LogP contribution is -1.80. The van der Waals surface area contributed by atoms with Gasteiger partial charge >= 0.3 is 0 Å². The summed E-state index contributed by atoms with van der Waals surface area (Å²) in [6, 6.07) is 121. The van der Waals surface area contributed by atoms with Crippen LogP contribution in [0.15, 0.2) is 375 Å². The van der Waals surface area contributed by atoms with Crippen LogP contribution in [0.5, 0.6) is 0 Å². The van der Waals surface area contributed by atoms with E-state index >= 15 is 0 Å². The summed E-state index contributed by atoms with van der Waals surface area (Å²) in [5.41, 5.74) is 21.1. The van der Waals surface area contributed by atoms with Crippen LogP contribution in [0.2, 0.25) is 0 Å². The number of para-hydroxylation sites is 2. The maximum atomic E-state index is 5.78. The zero-order valence-corrected chi connectivity index (χ0v) is 57.0.